The number of cyclic esters (lactones) is 2. The Hall–Kier alpha value is -1.34. The highest BCUT2D eigenvalue weighted by Gasteiger charge is 2.41. The zero-order chi connectivity index (χ0) is 16.4. The van der Waals surface area contributed by atoms with E-state index in [0.717, 1.165) is 19.3 Å². The van der Waals surface area contributed by atoms with Gasteiger partial charge in [0.25, 0.3) is 0 Å². The van der Waals surface area contributed by atoms with Gasteiger partial charge in [-0.2, -0.15) is 0 Å². The largest absolute Gasteiger partial charge is 0.508 e. The molecule has 0 spiro atoms. The Morgan fingerprint density at radius 2 is 1.91 bits per heavy atom. The van der Waals surface area contributed by atoms with Crippen molar-refractivity contribution in [3.8, 4) is 0 Å². The fourth-order valence-corrected chi connectivity index (χ4v) is 1.97. The molecular formula is C15H26O7. The van der Waals surface area contributed by atoms with Crippen LogP contribution in [0, 0.1) is 5.41 Å². The molecule has 1 atom stereocenters. The minimum absolute atomic E-state index is 0.0305. The van der Waals surface area contributed by atoms with Crippen LogP contribution in [-0.4, -0.2) is 51.4 Å². The van der Waals surface area contributed by atoms with E-state index in [0.29, 0.717) is 6.61 Å². The number of hydrogen-bond donors (Lipinski definition) is 0. The van der Waals surface area contributed by atoms with E-state index < -0.39 is 17.5 Å². The summed E-state index contributed by atoms with van der Waals surface area (Å²) >= 11 is 0. The van der Waals surface area contributed by atoms with Gasteiger partial charge in [0.1, 0.15) is 25.2 Å². The van der Waals surface area contributed by atoms with E-state index in [-0.39, 0.29) is 32.7 Å². The van der Waals surface area contributed by atoms with E-state index >= 15 is 0 Å². The fourth-order valence-electron chi connectivity index (χ4n) is 1.97. The molecule has 7 heteroatoms. The molecule has 0 radical (unpaired) electrons. The molecule has 2 heterocycles. The Bertz CT molecular complexity index is 340. The quantitative estimate of drug-likeness (QED) is 0.568. The topological polar surface area (TPSA) is 80.3 Å². The number of carbonyl (C=O) groups is 2. The molecule has 0 amide bonds. The van der Waals surface area contributed by atoms with Crippen molar-refractivity contribution in [3.05, 3.63) is 0 Å². The van der Waals surface area contributed by atoms with Crippen LogP contribution in [0.4, 0.5) is 4.79 Å². The fraction of sp³-hybridized carbons (Fsp3) is 0.867. The van der Waals surface area contributed by atoms with E-state index in [1.807, 2.05) is 13.8 Å². The third-order valence-corrected chi connectivity index (χ3v) is 3.27. The molecule has 0 aromatic carbocycles. The number of ether oxygens (including phenoxy) is 5. The molecule has 0 bridgehead atoms. The normalized spacial score (nSPS) is 23.4. The zero-order valence-electron chi connectivity index (χ0n) is 13.6. The summed E-state index contributed by atoms with van der Waals surface area (Å²) in [7, 11) is 0. The SMILES string of the molecule is CC.CC1(C(=O)OCCOC2CCCCO2)COC(=O)OC1. The van der Waals surface area contributed by atoms with Gasteiger partial charge in [0.2, 0.25) is 0 Å². The third-order valence-electron chi connectivity index (χ3n) is 3.27. The van der Waals surface area contributed by atoms with Crippen LogP contribution in [0.15, 0.2) is 0 Å². The van der Waals surface area contributed by atoms with Crippen LogP contribution in [0.25, 0.3) is 0 Å². The molecule has 1 unspecified atom stereocenters. The summed E-state index contributed by atoms with van der Waals surface area (Å²) in [5.74, 6) is -0.460. The van der Waals surface area contributed by atoms with Gasteiger partial charge in [-0.05, 0) is 26.2 Å². The summed E-state index contributed by atoms with van der Waals surface area (Å²) in [6.45, 7) is 6.71. The van der Waals surface area contributed by atoms with Gasteiger partial charge >= 0.3 is 12.1 Å². The van der Waals surface area contributed by atoms with Crippen molar-refractivity contribution in [2.45, 2.75) is 46.3 Å². The van der Waals surface area contributed by atoms with Crippen LogP contribution < -0.4 is 0 Å². The standard InChI is InChI=1S/C13H20O7.C2H6/c1-13(8-19-12(15)20-9-13)11(14)18-7-6-17-10-4-2-3-5-16-10;1-2/h10H,2-9H2,1H3;1-2H3. The maximum absolute atomic E-state index is 11.9. The van der Waals surface area contributed by atoms with Crippen molar-refractivity contribution in [2.24, 2.45) is 5.41 Å². The molecule has 0 aromatic heterocycles. The van der Waals surface area contributed by atoms with Crippen LogP contribution in [0.3, 0.4) is 0 Å². The predicted octanol–water partition coefficient (Wildman–Crippen LogP) is 2.27. The zero-order valence-corrected chi connectivity index (χ0v) is 13.6. The molecule has 22 heavy (non-hydrogen) atoms. The highest BCUT2D eigenvalue weighted by atomic mass is 16.7. The lowest BCUT2D eigenvalue weighted by molar-refractivity contribution is -0.182. The monoisotopic (exact) mass is 318 g/mol. The molecule has 128 valence electrons. The van der Waals surface area contributed by atoms with E-state index in [9.17, 15) is 9.59 Å². The Balaban J connectivity index is 0.00000116. The van der Waals surface area contributed by atoms with Gasteiger partial charge in [-0.15, -0.1) is 0 Å². The number of hydrogen-bond acceptors (Lipinski definition) is 7. The Kier molecular flexibility index (Phi) is 8.19. The third kappa shape index (κ3) is 5.81. The second kappa shape index (κ2) is 9.63. The number of esters is 1. The smallest absolute Gasteiger partial charge is 0.463 e. The molecule has 0 aliphatic carbocycles. The summed E-state index contributed by atoms with van der Waals surface area (Å²) in [4.78, 5) is 22.7. The molecule has 2 fully saturated rings. The van der Waals surface area contributed by atoms with Gasteiger partial charge in [0.05, 0.1) is 6.61 Å². The van der Waals surface area contributed by atoms with E-state index in [4.69, 9.17) is 23.7 Å². The Morgan fingerprint density at radius 1 is 1.23 bits per heavy atom. The maximum atomic E-state index is 11.9. The van der Waals surface area contributed by atoms with Crippen molar-refractivity contribution >= 4 is 12.1 Å². The first-order valence-corrected chi connectivity index (χ1v) is 7.80. The van der Waals surface area contributed by atoms with Gasteiger partial charge in [0.15, 0.2) is 6.29 Å². The van der Waals surface area contributed by atoms with Gasteiger partial charge in [-0.25, -0.2) is 4.79 Å². The minimum atomic E-state index is -0.949. The molecule has 7 nitrogen and oxygen atoms in total. The maximum Gasteiger partial charge on any atom is 0.508 e. The Labute approximate surface area is 131 Å². The first-order chi connectivity index (χ1) is 10.6. The van der Waals surface area contributed by atoms with Crippen molar-refractivity contribution in [3.63, 3.8) is 0 Å². The molecule has 0 N–H and O–H groups in total. The molecule has 2 aliphatic rings. The second-order valence-corrected chi connectivity index (χ2v) is 5.19. The number of carbonyl (C=O) groups excluding carboxylic acids is 2. The summed E-state index contributed by atoms with van der Waals surface area (Å²) in [6.07, 6.45) is 2.07. The summed E-state index contributed by atoms with van der Waals surface area (Å²) < 4.78 is 25.4. The van der Waals surface area contributed by atoms with Gasteiger partial charge in [0, 0.05) is 6.61 Å². The van der Waals surface area contributed by atoms with Crippen molar-refractivity contribution in [1.29, 1.82) is 0 Å². The lowest BCUT2D eigenvalue weighted by Gasteiger charge is -2.29. The highest BCUT2D eigenvalue weighted by Crippen LogP contribution is 2.24. The van der Waals surface area contributed by atoms with E-state index in [1.54, 1.807) is 6.92 Å². The molecular weight excluding hydrogens is 292 g/mol. The minimum Gasteiger partial charge on any atom is -0.463 e. The average Bonchev–Trinajstić information content (AvgIpc) is 2.57. The lowest BCUT2D eigenvalue weighted by Crippen LogP contribution is -2.44. The van der Waals surface area contributed by atoms with Gasteiger partial charge < -0.3 is 23.7 Å². The molecule has 0 saturated carbocycles. The first kappa shape index (κ1) is 18.7. The van der Waals surface area contributed by atoms with Crippen molar-refractivity contribution in [1.82, 2.24) is 0 Å². The van der Waals surface area contributed by atoms with E-state index in [2.05, 4.69) is 0 Å². The summed E-state index contributed by atoms with van der Waals surface area (Å²) in [5.41, 5.74) is -0.949. The van der Waals surface area contributed by atoms with Gasteiger partial charge in [-0.1, -0.05) is 13.8 Å². The highest BCUT2D eigenvalue weighted by molar-refractivity contribution is 5.78. The second-order valence-electron chi connectivity index (χ2n) is 5.19. The lowest BCUT2D eigenvalue weighted by atomic mass is 9.93. The van der Waals surface area contributed by atoms with Crippen LogP contribution >= 0.6 is 0 Å². The molecule has 2 saturated heterocycles. The van der Waals surface area contributed by atoms with Gasteiger partial charge in [-0.3, -0.25) is 4.79 Å². The average molecular weight is 318 g/mol. The molecule has 2 rings (SSSR count). The summed E-state index contributed by atoms with van der Waals surface area (Å²) in [5, 5.41) is 0. The molecule has 0 aromatic rings. The Morgan fingerprint density at radius 3 is 2.50 bits per heavy atom. The number of rotatable bonds is 5. The predicted molar refractivity (Wildman–Crippen MR) is 77.3 cm³/mol. The van der Waals surface area contributed by atoms with Crippen LogP contribution in [0.5, 0.6) is 0 Å². The van der Waals surface area contributed by atoms with Crippen LogP contribution in [0.2, 0.25) is 0 Å². The van der Waals surface area contributed by atoms with Crippen LogP contribution in [-0.2, 0) is 28.5 Å². The van der Waals surface area contributed by atoms with E-state index in [1.165, 1.54) is 0 Å². The van der Waals surface area contributed by atoms with Crippen molar-refractivity contribution < 1.29 is 33.3 Å². The first-order valence-electron chi connectivity index (χ1n) is 7.80. The van der Waals surface area contributed by atoms with Crippen molar-refractivity contribution in [2.75, 3.05) is 33.0 Å². The molecule has 2 aliphatic heterocycles. The summed E-state index contributed by atoms with van der Waals surface area (Å²) in [6, 6.07) is 0. The van der Waals surface area contributed by atoms with Crippen LogP contribution in [0.1, 0.15) is 40.0 Å².